The third-order valence-electron chi connectivity index (χ3n) is 3.46. The van der Waals surface area contributed by atoms with E-state index in [0.29, 0.717) is 18.0 Å². The Morgan fingerprint density at radius 3 is 2.53 bits per heavy atom. The van der Waals surface area contributed by atoms with Gasteiger partial charge in [-0.1, -0.05) is 26.0 Å². The van der Waals surface area contributed by atoms with E-state index in [-0.39, 0.29) is 11.4 Å². The van der Waals surface area contributed by atoms with Gasteiger partial charge in [0.05, 0.1) is 12.3 Å². The predicted molar refractivity (Wildman–Crippen MR) is 78.4 cm³/mol. The topological polar surface area (TPSA) is 64.3 Å². The molecule has 0 saturated heterocycles. The van der Waals surface area contributed by atoms with Gasteiger partial charge in [-0.3, -0.25) is 4.79 Å². The van der Waals surface area contributed by atoms with Crippen LogP contribution in [0.1, 0.15) is 40.0 Å². The van der Waals surface area contributed by atoms with Gasteiger partial charge in [0.15, 0.2) is 0 Å². The molecule has 106 valence electrons. The molecule has 4 heteroatoms. The van der Waals surface area contributed by atoms with Crippen LogP contribution in [-0.2, 0) is 4.79 Å². The van der Waals surface area contributed by atoms with E-state index in [2.05, 4.69) is 19.2 Å². The van der Waals surface area contributed by atoms with Crippen LogP contribution < -0.4 is 15.8 Å². The highest BCUT2D eigenvalue weighted by molar-refractivity contribution is 5.90. The highest BCUT2D eigenvalue weighted by atomic mass is 16.5. The molecule has 0 saturated carbocycles. The third-order valence-corrected chi connectivity index (χ3v) is 3.46. The molecule has 0 aliphatic rings. The molecule has 0 radical (unpaired) electrons. The van der Waals surface area contributed by atoms with Crippen molar-refractivity contribution in [1.29, 1.82) is 0 Å². The highest BCUT2D eigenvalue weighted by Crippen LogP contribution is 2.25. The van der Waals surface area contributed by atoms with Crippen molar-refractivity contribution in [3.63, 3.8) is 0 Å². The number of carbonyl (C=O) groups is 1. The lowest BCUT2D eigenvalue weighted by atomic mass is 9.91. The fraction of sp³-hybridized carbons (Fsp3) is 0.533. The summed E-state index contributed by atoms with van der Waals surface area (Å²) in [6, 6.07) is 7.42. The molecule has 4 nitrogen and oxygen atoms in total. The molecule has 1 amide bonds. The van der Waals surface area contributed by atoms with Gasteiger partial charge in [0, 0.05) is 12.5 Å². The zero-order chi connectivity index (χ0) is 14.3. The van der Waals surface area contributed by atoms with Crippen molar-refractivity contribution in [3.05, 3.63) is 24.3 Å². The Labute approximate surface area is 115 Å². The predicted octanol–water partition coefficient (Wildman–Crippen LogP) is 2.93. The van der Waals surface area contributed by atoms with Crippen LogP contribution in [-0.4, -0.2) is 18.1 Å². The van der Waals surface area contributed by atoms with E-state index in [4.69, 9.17) is 10.5 Å². The van der Waals surface area contributed by atoms with Crippen LogP contribution in [0.15, 0.2) is 24.3 Å². The molecule has 0 fully saturated rings. The van der Waals surface area contributed by atoms with Crippen molar-refractivity contribution in [2.45, 2.75) is 45.6 Å². The van der Waals surface area contributed by atoms with E-state index < -0.39 is 0 Å². The Hall–Kier alpha value is -1.55. The summed E-state index contributed by atoms with van der Waals surface area (Å²) in [5, 5.41) is 2.75. The molecule has 1 rings (SSSR count). The molecule has 0 aromatic heterocycles. The number of nitrogens with two attached hydrogens (primary N) is 1. The number of benzene rings is 1. The van der Waals surface area contributed by atoms with E-state index in [1.165, 1.54) is 6.92 Å². The minimum Gasteiger partial charge on any atom is -0.491 e. The maximum absolute atomic E-state index is 11.1. The maximum Gasteiger partial charge on any atom is 0.221 e. The molecule has 1 aromatic rings. The summed E-state index contributed by atoms with van der Waals surface area (Å²) in [5.74, 6) is 0.582. The second-order valence-corrected chi connectivity index (χ2v) is 4.85. The van der Waals surface area contributed by atoms with E-state index in [1.54, 1.807) is 0 Å². The van der Waals surface area contributed by atoms with Gasteiger partial charge in [-0.25, -0.2) is 0 Å². The summed E-state index contributed by atoms with van der Waals surface area (Å²) in [5.41, 5.74) is 6.77. The summed E-state index contributed by atoms with van der Waals surface area (Å²) >= 11 is 0. The lowest BCUT2D eigenvalue weighted by molar-refractivity contribution is -0.114. The quantitative estimate of drug-likeness (QED) is 0.796. The summed E-state index contributed by atoms with van der Waals surface area (Å²) in [7, 11) is 0. The Kier molecular flexibility index (Phi) is 5.83. The number of hydrogen-bond acceptors (Lipinski definition) is 3. The first-order valence-electron chi connectivity index (χ1n) is 6.79. The molecule has 0 bridgehead atoms. The number of rotatable bonds is 7. The van der Waals surface area contributed by atoms with Crippen LogP contribution >= 0.6 is 0 Å². The summed E-state index contributed by atoms with van der Waals surface area (Å²) < 4.78 is 5.74. The van der Waals surface area contributed by atoms with Gasteiger partial charge >= 0.3 is 0 Å². The molecule has 0 spiro atoms. The second-order valence-electron chi connectivity index (χ2n) is 4.85. The van der Waals surface area contributed by atoms with Crippen molar-refractivity contribution in [2.24, 2.45) is 5.73 Å². The first-order chi connectivity index (χ1) is 9.00. The third kappa shape index (κ3) is 4.91. The maximum atomic E-state index is 11.1. The van der Waals surface area contributed by atoms with E-state index in [9.17, 15) is 4.79 Å². The number of hydrogen-bond donors (Lipinski definition) is 2. The van der Waals surface area contributed by atoms with E-state index in [0.717, 1.165) is 19.3 Å². The lowest BCUT2D eigenvalue weighted by Crippen LogP contribution is -2.39. The number of nitrogens with one attached hydrogen (secondary N) is 1. The Balaban J connectivity index is 2.60. The van der Waals surface area contributed by atoms with Gasteiger partial charge in [-0.05, 0) is 31.4 Å². The standard InChI is InChI=1S/C15H24N2O2/c1-4-15(16,5-2)10-11-19-14-9-7-6-8-13(14)17-12(3)18/h6-9H,4-5,10-11,16H2,1-3H3,(H,17,18). The Morgan fingerprint density at radius 1 is 1.32 bits per heavy atom. The summed E-state index contributed by atoms with van der Waals surface area (Å²) in [6.07, 6.45) is 2.66. The van der Waals surface area contributed by atoms with E-state index in [1.807, 2.05) is 24.3 Å². The Bertz CT molecular complexity index is 414. The molecule has 19 heavy (non-hydrogen) atoms. The van der Waals surface area contributed by atoms with Gasteiger partial charge in [0.25, 0.3) is 0 Å². The molecule has 0 atom stereocenters. The van der Waals surface area contributed by atoms with Crippen molar-refractivity contribution in [1.82, 2.24) is 0 Å². The Morgan fingerprint density at radius 2 is 1.95 bits per heavy atom. The SMILES string of the molecule is CCC(N)(CC)CCOc1ccccc1NC(C)=O. The van der Waals surface area contributed by atoms with Gasteiger partial charge in [0.2, 0.25) is 5.91 Å². The van der Waals surface area contributed by atoms with Gasteiger partial charge < -0.3 is 15.8 Å². The van der Waals surface area contributed by atoms with Gasteiger partial charge in [-0.2, -0.15) is 0 Å². The minimum atomic E-state index is -0.164. The second kappa shape index (κ2) is 7.14. The van der Waals surface area contributed by atoms with Gasteiger partial charge in [0.1, 0.15) is 5.75 Å². The van der Waals surface area contributed by atoms with Crippen molar-refractivity contribution >= 4 is 11.6 Å². The zero-order valence-corrected chi connectivity index (χ0v) is 12.0. The minimum absolute atomic E-state index is 0.105. The largest absolute Gasteiger partial charge is 0.491 e. The van der Waals surface area contributed by atoms with Gasteiger partial charge in [-0.15, -0.1) is 0 Å². The van der Waals surface area contributed by atoms with Crippen LogP contribution in [0.4, 0.5) is 5.69 Å². The lowest BCUT2D eigenvalue weighted by Gasteiger charge is -2.26. The first-order valence-corrected chi connectivity index (χ1v) is 6.79. The molecular formula is C15H24N2O2. The molecule has 0 unspecified atom stereocenters. The number of amides is 1. The molecule has 1 aromatic carbocycles. The molecule has 0 aliphatic heterocycles. The molecule has 3 N–H and O–H groups in total. The van der Waals surface area contributed by atoms with Crippen LogP contribution in [0.25, 0.3) is 0 Å². The highest BCUT2D eigenvalue weighted by Gasteiger charge is 2.20. The average Bonchev–Trinajstić information content (AvgIpc) is 2.40. The number of ether oxygens (including phenoxy) is 1. The fourth-order valence-corrected chi connectivity index (χ4v) is 1.85. The molecular weight excluding hydrogens is 240 g/mol. The first kappa shape index (κ1) is 15.5. The normalized spacial score (nSPS) is 11.2. The smallest absolute Gasteiger partial charge is 0.221 e. The number of para-hydroxylation sites is 2. The monoisotopic (exact) mass is 264 g/mol. The summed E-state index contributed by atoms with van der Waals surface area (Å²) in [4.78, 5) is 11.1. The van der Waals surface area contributed by atoms with Crippen LogP contribution in [0.3, 0.4) is 0 Å². The number of carbonyl (C=O) groups excluding carboxylic acids is 1. The number of anilines is 1. The van der Waals surface area contributed by atoms with Crippen molar-refractivity contribution in [3.8, 4) is 5.75 Å². The average molecular weight is 264 g/mol. The van der Waals surface area contributed by atoms with Crippen molar-refractivity contribution in [2.75, 3.05) is 11.9 Å². The molecule has 0 aliphatic carbocycles. The van der Waals surface area contributed by atoms with Crippen LogP contribution in [0.5, 0.6) is 5.75 Å². The summed E-state index contributed by atoms with van der Waals surface area (Å²) in [6.45, 7) is 6.22. The zero-order valence-electron chi connectivity index (χ0n) is 12.0. The van der Waals surface area contributed by atoms with Crippen LogP contribution in [0, 0.1) is 0 Å². The van der Waals surface area contributed by atoms with E-state index >= 15 is 0 Å². The van der Waals surface area contributed by atoms with Crippen LogP contribution in [0.2, 0.25) is 0 Å². The fourth-order valence-electron chi connectivity index (χ4n) is 1.85. The molecule has 0 heterocycles. The van der Waals surface area contributed by atoms with Crippen molar-refractivity contribution < 1.29 is 9.53 Å².